The molecule has 1 unspecified atom stereocenters. The second-order valence-electron chi connectivity index (χ2n) is 4.48. The summed E-state index contributed by atoms with van der Waals surface area (Å²) < 4.78 is 0. The van der Waals surface area contributed by atoms with E-state index in [0.717, 1.165) is 6.54 Å². The van der Waals surface area contributed by atoms with Gasteiger partial charge in [-0.1, -0.05) is 32.6 Å². The Balaban J connectivity index is 2.35. The summed E-state index contributed by atoms with van der Waals surface area (Å²) in [5.74, 6) is 0. The lowest BCUT2D eigenvalue weighted by molar-refractivity contribution is 0.174. The van der Waals surface area contributed by atoms with E-state index in [0.29, 0.717) is 6.04 Å². The molecule has 1 aliphatic heterocycles. The lowest BCUT2D eigenvalue weighted by atomic mass is 10.0. The molecule has 0 saturated carbocycles. The van der Waals surface area contributed by atoms with E-state index >= 15 is 0 Å². The monoisotopic (exact) mass is 198 g/mol. The zero-order valence-corrected chi connectivity index (χ0v) is 9.67. The Kier molecular flexibility index (Phi) is 6.20. The summed E-state index contributed by atoms with van der Waals surface area (Å²) in [6, 6.07) is 0.651. The van der Waals surface area contributed by atoms with Crippen LogP contribution < -0.4 is 5.73 Å². The Morgan fingerprint density at radius 3 is 2.14 bits per heavy atom. The van der Waals surface area contributed by atoms with Crippen molar-refractivity contribution in [1.29, 1.82) is 0 Å². The Morgan fingerprint density at radius 2 is 1.64 bits per heavy atom. The molecule has 0 spiro atoms. The number of rotatable bonds is 4. The van der Waals surface area contributed by atoms with Gasteiger partial charge in [-0.25, -0.2) is 0 Å². The van der Waals surface area contributed by atoms with E-state index < -0.39 is 0 Å². The van der Waals surface area contributed by atoms with Gasteiger partial charge in [0.2, 0.25) is 0 Å². The number of nitrogens with two attached hydrogens (primary N) is 1. The van der Waals surface area contributed by atoms with Gasteiger partial charge in [-0.15, -0.1) is 0 Å². The SMILES string of the molecule is CCCC(CN)N1CCCCCCC1. The highest BCUT2D eigenvalue weighted by atomic mass is 15.2. The summed E-state index contributed by atoms with van der Waals surface area (Å²) in [5.41, 5.74) is 5.84. The Hall–Kier alpha value is -0.0800. The van der Waals surface area contributed by atoms with Gasteiger partial charge in [-0.2, -0.15) is 0 Å². The number of nitrogens with zero attached hydrogens (tertiary/aromatic N) is 1. The topological polar surface area (TPSA) is 29.3 Å². The molecule has 0 bridgehead atoms. The Bertz CT molecular complexity index is 128. The van der Waals surface area contributed by atoms with E-state index in [9.17, 15) is 0 Å². The molecular formula is C12H26N2. The van der Waals surface area contributed by atoms with E-state index in [1.165, 1.54) is 58.0 Å². The van der Waals surface area contributed by atoms with Crippen molar-refractivity contribution in [3.05, 3.63) is 0 Å². The highest BCUT2D eigenvalue weighted by molar-refractivity contribution is 4.73. The summed E-state index contributed by atoms with van der Waals surface area (Å²) in [4.78, 5) is 2.63. The van der Waals surface area contributed by atoms with Crippen LogP contribution in [0.15, 0.2) is 0 Å². The van der Waals surface area contributed by atoms with E-state index in [-0.39, 0.29) is 0 Å². The lowest BCUT2D eigenvalue weighted by Gasteiger charge is -2.32. The van der Waals surface area contributed by atoms with Crippen molar-refractivity contribution in [1.82, 2.24) is 4.90 Å². The first-order chi connectivity index (χ1) is 6.88. The Morgan fingerprint density at radius 1 is 1.07 bits per heavy atom. The molecule has 1 heterocycles. The third-order valence-corrected chi connectivity index (χ3v) is 3.30. The molecule has 1 fully saturated rings. The van der Waals surface area contributed by atoms with Crippen molar-refractivity contribution in [3.63, 3.8) is 0 Å². The number of likely N-dealkylation sites (tertiary alicyclic amines) is 1. The van der Waals surface area contributed by atoms with Crippen LogP contribution in [0.2, 0.25) is 0 Å². The fourth-order valence-corrected chi connectivity index (χ4v) is 2.42. The molecule has 1 atom stereocenters. The third kappa shape index (κ3) is 3.97. The molecule has 2 N–H and O–H groups in total. The molecule has 0 aromatic rings. The average Bonchev–Trinajstić information content (AvgIpc) is 2.15. The van der Waals surface area contributed by atoms with E-state index in [2.05, 4.69) is 11.8 Å². The lowest BCUT2D eigenvalue weighted by Crippen LogP contribution is -2.42. The summed E-state index contributed by atoms with van der Waals surface area (Å²) in [6.45, 7) is 5.66. The minimum Gasteiger partial charge on any atom is -0.329 e. The minimum atomic E-state index is 0.651. The van der Waals surface area contributed by atoms with Crippen molar-refractivity contribution in [2.24, 2.45) is 5.73 Å². The maximum atomic E-state index is 5.84. The van der Waals surface area contributed by atoms with Crippen LogP contribution in [0.3, 0.4) is 0 Å². The predicted octanol–water partition coefficient (Wildman–Crippen LogP) is 2.38. The van der Waals surface area contributed by atoms with E-state index in [1.807, 2.05) is 0 Å². The second kappa shape index (κ2) is 7.24. The van der Waals surface area contributed by atoms with Gasteiger partial charge < -0.3 is 5.73 Å². The molecule has 1 saturated heterocycles. The van der Waals surface area contributed by atoms with Crippen LogP contribution in [0.25, 0.3) is 0 Å². The van der Waals surface area contributed by atoms with Gasteiger partial charge in [0.1, 0.15) is 0 Å². The van der Waals surface area contributed by atoms with Crippen molar-refractivity contribution in [2.45, 2.75) is 57.9 Å². The molecule has 0 aromatic heterocycles. The van der Waals surface area contributed by atoms with Crippen LogP contribution in [0, 0.1) is 0 Å². The molecule has 84 valence electrons. The van der Waals surface area contributed by atoms with Crippen molar-refractivity contribution in [3.8, 4) is 0 Å². The summed E-state index contributed by atoms with van der Waals surface area (Å²) in [7, 11) is 0. The molecule has 2 heteroatoms. The van der Waals surface area contributed by atoms with Crippen LogP contribution in [0.4, 0.5) is 0 Å². The van der Waals surface area contributed by atoms with Crippen LogP contribution in [-0.4, -0.2) is 30.6 Å². The van der Waals surface area contributed by atoms with Crippen LogP contribution in [-0.2, 0) is 0 Å². The normalized spacial score (nSPS) is 22.7. The number of hydrogen-bond acceptors (Lipinski definition) is 2. The van der Waals surface area contributed by atoms with Crippen molar-refractivity contribution < 1.29 is 0 Å². The fourth-order valence-electron chi connectivity index (χ4n) is 2.42. The molecule has 0 amide bonds. The highest BCUT2D eigenvalue weighted by Gasteiger charge is 2.16. The minimum absolute atomic E-state index is 0.651. The van der Waals surface area contributed by atoms with Crippen molar-refractivity contribution >= 4 is 0 Å². The van der Waals surface area contributed by atoms with Crippen LogP contribution in [0.5, 0.6) is 0 Å². The zero-order valence-electron chi connectivity index (χ0n) is 9.67. The van der Waals surface area contributed by atoms with E-state index in [1.54, 1.807) is 0 Å². The molecule has 0 aromatic carbocycles. The fraction of sp³-hybridized carbons (Fsp3) is 1.00. The molecule has 2 nitrogen and oxygen atoms in total. The molecule has 0 aliphatic carbocycles. The first-order valence-electron chi connectivity index (χ1n) is 6.32. The quantitative estimate of drug-likeness (QED) is 0.751. The number of hydrogen-bond donors (Lipinski definition) is 1. The van der Waals surface area contributed by atoms with Crippen LogP contribution in [0.1, 0.15) is 51.9 Å². The first kappa shape index (κ1) is 12.0. The standard InChI is InChI=1S/C12H26N2/c1-2-8-12(11-13)14-9-6-4-3-5-7-10-14/h12H,2-11,13H2,1H3. The first-order valence-corrected chi connectivity index (χ1v) is 6.32. The molecule has 14 heavy (non-hydrogen) atoms. The zero-order chi connectivity index (χ0) is 10.2. The Labute approximate surface area is 88.8 Å². The smallest absolute Gasteiger partial charge is 0.0218 e. The van der Waals surface area contributed by atoms with Crippen LogP contribution >= 0.6 is 0 Å². The van der Waals surface area contributed by atoms with Gasteiger partial charge in [0.05, 0.1) is 0 Å². The van der Waals surface area contributed by atoms with Crippen molar-refractivity contribution in [2.75, 3.05) is 19.6 Å². The molecule has 0 radical (unpaired) electrons. The molecule has 1 rings (SSSR count). The highest BCUT2D eigenvalue weighted by Crippen LogP contribution is 2.14. The maximum absolute atomic E-state index is 5.84. The van der Waals surface area contributed by atoms with Gasteiger partial charge in [0.15, 0.2) is 0 Å². The van der Waals surface area contributed by atoms with Gasteiger partial charge in [0.25, 0.3) is 0 Å². The second-order valence-corrected chi connectivity index (χ2v) is 4.48. The van der Waals surface area contributed by atoms with Gasteiger partial charge in [0, 0.05) is 12.6 Å². The van der Waals surface area contributed by atoms with Gasteiger partial charge in [-0.3, -0.25) is 4.90 Å². The summed E-state index contributed by atoms with van der Waals surface area (Å²) in [5, 5.41) is 0. The summed E-state index contributed by atoms with van der Waals surface area (Å²) >= 11 is 0. The van der Waals surface area contributed by atoms with Gasteiger partial charge in [-0.05, 0) is 32.4 Å². The average molecular weight is 198 g/mol. The predicted molar refractivity (Wildman–Crippen MR) is 62.4 cm³/mol. The molecule has 1 aliphatic rings. The van der Waals surface area contributed by atoms with Gasteiger partial charge >= 0.3 is 0 Å². The summed E-state index contributed by atoms with van der Waals surface area (Å²) in [6.07, 6.45) is 9.56. The largest absolute Gasteiger partial charge is 0.329 e. The third-order valence-electron chi connectivity index (χ3n) is 3.30. The molecular weight excluding hydrogens is 172 g/mol. The maximum Gasteiger partial charge on any atom is 0.0218 e. The van der Waals surface area contributed by atoms with E-state index in [4.69, 9.17) is 5.73 Å².